The van der Waals surface area contributed by atoms with Crippen LogP contribution in [0.5, 0.6) is 0 Å². The van der Waals surface area contributed by atoms with Gasteiger partial charge < -0.3 is 14.6 Å². The van der Waals surface area contributed by atoms with E-state index in [-0.39, 0.29) is 18.0 Å². The van der Waals surface area contributed by atoms with E-state index in [0.717, 1.165) is 6.07 Å². The van der Waals surface area contributed by atoms with Gasteiger partial charge in [0.25, 0.3) is 0 Å². The van der Waals surface area contributed by atoms with Gasteiger partial charge in [-0.05, 0) is 57.3 Å². The summed E-state index contributed by atoms with van der Waals surface area (Å²) < 4.78 is 50.9. The van der Waals surface area contributed by atoms with Crippen molar-refractivity contribution in [2.24, 2.45) is 0 Å². The average Bonchev–Trinajstić information content (AvgIpc) is 2.70. The maximum absolute atomic E-state index is 13.0. The fourth-order valence-corrected chi connectivity index (χ4v) is 2.73. The quantitative estimate of drug-likeness (QED) is 0.795. The normalized spacial score (nSPS) is 19.3. The van der Waals surface area contributed by atoms with Crippen molar-refractivity contribution in [2.75, 3.05) is 6.54 Å². The van der Waals surface area contributed by atoms with E-state index in [0.29, 0.717) is 11.0 Å². The van der Waals surface area contributed by atoms with Gasteiger partial charge in [-0.1, -0.05) is 18.2 Å². The van der Waals surface area contributed by atoms with Crippen LogP contribution in [0.15, 0.2) is 23.7 Å². The van der Waals surface area contributed by atoms with Crippen molar-refractivity contribution in [3.63, 3.8) is 0 Å². The van der Waals surface area contributed by atoms with E-state index in [1.54, 1.807) is 6.08 Å². The smallest absolute Gasteiger partial charge is 0.400 e. The molecule has 27 heavy (non-hydrogen) atoms. The molecule has 0 saturated carbocycles. The summed E-state index contributed by atoms with van der Waals surface area (Å²) in [6.45, 7) is 10.6. The molecule has 4 nitrogen and oxygen atoms in total. The fourth-order valence-electron chi connectivity index (χ4n) is 2.73. The summed E-state index contributed by atoms with van der Waals surface area (Å²) in [4.78, 5) is 11.3. The van der Waals surface area contributed by atoms with Crippen LogP contribution in [0.2, 0.25) is 0 Å². The number of alkyl halides is 3. The molecule has 0 aliphatic carbocycles. The third kappa shape index (κ3) is 4.93. The van der Waals surface area contributed by atoms with E-state index in [9.17, 15) is 18.0 Å². The summed E-state index contributed by atoms with van der Waals surface area (Å²) in [7, 11) is -0.704. The van der Waals surface area contributed by atoms with Crippen molar-refractivity contribution in [1.29, 1.82) is 0 Å². The molecule has 148 valence electrons. The number of hydrogen-bond donors (Lipinski definition) is 1. The van der Waals surface area contributed by atoms with Crippen molar-refractivity contribution in [3.05, 3.63) is 40.4 Å². The monoisotopic (exact) mass is 383 g/mol. The molecule has 0 spiro atoms. The minimum absolute atomic E-state index is 0.129. The van der Waals surface area contributed by atoms with E-state index in [4.69, 9.17) is 9.31 Å². The highest BCUT2D eigenvalue weighted by molar-refractivity contribution is 6.56. The lowest BCUT2D eigenvalue weighted by molar-refractivity contribution is -0.138. The Morgan fingerprint density at radius 3 is 2.19 bits per heavy atom. The molecule has 2 rings (SSSR count). The zero-order valence-corrected chi connectivity index (χ0v) is 16.5. The molecule has 1 N–H and O–H groups in total. The molecule has 1 heterocycles. The zero-order valence-electron chi connectivity index (χ0n) is 16.5. The second-order valence-electron chi connectivity index (χ2n) is 7.79. The van der Waals surface area contributed by atoms with Crippen LogP contribution in [-0.4, -0.2) is 30.8 Å². The molecule has 0 atom stereocenters. The molecule has 0 radical (unpaired) electrons. The molecule has 1 aliphatic heterocycles. The first-order chi connectivity index (χ1) is 12.2. The predicted molar refractivity (Wildman–Crippen MR) is 98.9 cm³/mol. The van der Waals surface area contributed by atoms with Crippen LogP contribution in [-0.2, 0) is 20.3 Å². The number of carbonyl (C=O) groups excluding carboxylic acids is 1. The molecule has 1 amide bonds. The van der Waals surface area contributed by atoms with Crippen LogP contribution in [0.3, 0.4) is 0 Å². The largest absolute Gasteiger partial charge is 0.492 e. The molecule has 1 fully saturated rings. The standard InChI is InChI=1S/C19H25BF3NO3/c1-12-9-14(7-8-16(12)19(21,22)23)10-15(11-24-13(2)25)20-26-17(3,4)18(5,6)27-20/h7-10H,11H2,1-6H3,(H,24,25). The lowest BCUT2D eigenvalue weighted by Gasteiger charge is -2.32. The second-order valence-corrected chi connectivity index (χ2v) is 7.79. The van der Waals surface area contributed by atoms with Crippen LogP contribution in [0.1, 0.15) is 51.3 Å². The molecular formula is C19H25BF3NO3. The summed E-state index contributed by atoms with van der Waals surface area (Å²) in [5.41, 5.74) is -0.465. The first kappa shape index (κ1) is 21.5. The summed E-state index contributed by atoms with van der Waals surface area (Å²) in [5, 5.41) is 2.70. The van der Waals surface area contributed by atoms with Crippen LogP contribution in [0, 0.1) is 6.92 Å². The van der Waals surface area contributed by atoms with Gasteiger partial charge in [0.2, 0.25) is 5.91 Å². The minimum atomic E-state index is -4.39. The molecular weight excluding hydrogens is 358 g/mol. The Morgan fingerprint density at radius 2 is 1.74 bits per heavy atom. The Bertz CT molecular complexity index is 741. The maximum Gasteiger partial charge on any atom is 0.492 e. The Hall–Kier alpha value is -1.80. The molecule has 0 aromatic heterocycles. The van der Waals surface area contributed by atoms with Crippen molar-refractivity contribution < 1.29 is 27.3 Å². The number of carbonyl (C=O) groups is 1. The predicted octanol–water partition coefficient (Wildman–Crippen LogP) is 4.16. The third-order valence-electron chi connectivity index (χ3n) is 5.01. The number of nitrogens with one attached hydrogen (secondary N) is 1. The highest BCUT2D eigenvalue weighted by Gasteiger charge is 2.52. The van der Waals surface area contributed by atoms with E-state index in [1.807, 2.05) is 27.7 Å². The van der Waals surface area contributed by atoms with Crippen LogP contribution in [0.25, 0.3) is 6.08 Å². The maximum atomic E-state index is 13.0. The van der Waals surface area contributed by atoms with Crippen molar-refractivity contribution in [3.8, 4) is 0 Å². The first-order valence-corrected chi connectivity index (χ1v) is 8.71. The van der Waals surface area contributed by atoms with Crippen molar-refractivity contribution >= 4 is 19.1 Å². The summed E-state index contributed by atoms with van der Waals surface area (Å²) in [6.07, 6.45) is -2.69. The third-order valence-corrected chi connectivity index (χ3v) is 5.01. The van der Waals surface area contributed by atoms with Crippen molar-refractivity contribution in [2.45, 2.75) is 58.9 Å². The van der Waals surface area contributed by atoms with E-state index >= 15 is 0 Å². The number of rotatable bonds is 4. The SMILES string of the molecule is CC(=O)NCC(=Cc1ccc(C(F)(F)F)c(C)c1)B1OC(C)(C)C(C)(C)O1. The van der Waals surface area contributed by atoms with E-state index in [1.165, 1.54) is 26.0 Å². The number of halogens is 3. The minimum Gasteiger partial charge on any atom is -0.400 e. The molecule has 0 bridgehead atoms. The highest BCUT2D eigenvalue weighted by Crippen LogP contribution is 2.39. The van der Waals surface area contributed by atoms with Gasteiger partial charge in [-0.15, -0.1) is 0 Å². The van der Waals surface area contributed by atoms with Gasteiger partial charge in [0, 0.05) is 13.5 Å². The highest BCUT2D eigenvalue weighted by atomic mass is 19.4. The lowest BCUT2D eigenvalue weighted by Crippen LogP contribution is -2.41. The molecule has 8 heteroatoms. The van der Waals surface area contributed by atoms with Gasteiger partial charge >= 0.3 is 13.3 Å². The topological polar surface area (TPSA) is 47.6 Å². The number of benzene rings is 1. The first-order valence-electron chi connectivity index (χ1n) is 8.71. The lowest BCUT2D eigenvalue weighted by atomic mass is 9.76. The van der Waals surface area contributed by atoms with Gasteiger partial charge in [0.1, 0.15) is 0 Å². The Balaban J connectivity index is 2.37. The fraction of sp³-hybridized carbons (Fsp3) is 0.526. The average molecular weight is 383 g/mol. The molecule has 1 saturated heterocycles. The number of aryl methyl sites for hydroxylation is 1. The van der Waals surface area contributed by atoms with Crippen LogP contribution in [0.4, 0.5) is 13.2 Å². The van der Waals surface area contributed by atoms with Gasteiger partial charge in [-0.2, -0.15) is 13.2 Å². The van der Waals surface area contributed by atoms with E-state index < -0.39 is 30.1 Å². The molecule has 1 aliphatic rings. The van der Waals surface area contributed by atoms with Gasteiger partial charge in [0.05, 0.1) is 16.8 Å². The Kier molecular flexibility index (Phi) is 5.83. The Morgan fingerprint density at radius 1 is 1.19 bits per heavy atom. The van der Waals surface area contributed by atoms with E-state index in [2.05, 4.69) is 5.32 Å². The summed E-state index contributed by atoms with van der Waals surface area (Å²) in [5.74, 6) is -0.221. The summed E-state index contributed by atoms with van der Waals surface area (Å²) in [6, 6.07) is 3.91. The summed E-state index contributed by atoms with van der Waals surface area (Å²) >= 11 is 0. The molecule has 1 aromatic rings. The van der Waals surface area contributed by atoms with Gasteiger partial charge in [0.15, 0.2) is 0 Å². The molecule has 0 unspecified atom stereocenters. The van der Waals surface area contributed by atoms with Gasteiger partial charge in [-0.3, -0.25) is 4.79 Å². The number of amides is 1. The zero-order chi connectivity index (χ0) is 20.6. The van der Waals surface area contributed by atoms with Crippen LogP contribution >= 0.6 is 0 Å². The molecule has 1 aromatic carbocycles. The van der Waals surface area contributed by atoms with Crippen LogP contribution < -0.4 is 5.32 Å². The number of hydrogen-bond acceptors (Lipinski definition) is 3. The van der Waals surface area contributed by atoms with Gasteiger partial charge in [-0.25, -0.2) is 0 Å². The Labute approximate surface area is 158 Å². The second kappa shape index (κ2) is 7.32. The van der Waals surface area contributed by atoms with Crippen molar-refractivity contribution in [1.82, 2.24) is 5.32 Å².